The van der Waals surface area contributed by atoms with Gasteiger partial charge in [-0.2, -0.15) is 5.26 Å². The van der Waals surface area contributed by atoms with E-state index in [0.29, 0.717) is 5.56 Å². The van der Waals surface area contributed by atoms with Gasteiger partial charge < -0.3 is 5.32 Å². The molecule has 3 nitrogen and oxygen atoms in total. The van der Waals surface area contributed by atoms with Crippen molar-refractivity contribution >= 4 is 17.7 Å². The predicted molar refractivity (Wildman–Crippen MR) is 82.2 cm³/mol. The summed E-state index contributed by atoms with van der Waals surface area (Å²) in [5, 5.41) is 11.9. The Morgan fingerprint density at radius 3 is 2.81 bits per heavy atom. The lowest BCUT2D eigenvalue weighted by Gasteiger charge is -2.23. The Bertz CT molecular complexity index is 568. The lowest BCUT2D eigenvalue weighted by atomic mass is 9.98. The van der Waals surface area contributed by atoms with Crippen molar-refractivity contribution < 1.29 is 9.18 Å². The predicted octanol–water partition coefficient (Wildman–Crippen LogP) is 3.43. The van der Waals surface area contributed by atoms with Crippen LogP contribution in [-0.4, -0.2) is 17.2 Å². The van der Waals surface area contributed by atoms with Crippen molar-refractivity contribution in [2.24, 2.45) is 5.92 Å². The van der Waals surface area contributed by atoms with Crippen LogP contribution >= 0.6 is 11.8 Å². The molecule has 1 aliphatic carbocycles. The van der Waals surface area contributed by atoms with Crippen LogP contribution in [0, 0.1) is 23.1 Å². The molecule has 112 valence electrons. The van der Waals surface area contributed by atoms with Crippen LogP contribution in [0.1, 0.15) is 37.5 Å². The van der Waals surface area contributed by atoms with E-state index in [9.17, 15) is 14.4 Å². The fraction of sp³-hybridized carbons (Fsp3) is 0.500. The molecule has 0 heterocycles. The van der Waals surface area contributed by atoms with E-state index in [4.69, 9.17) is 0 Å². The van der Waals surface area contributed by atoms with Gasteiger partial charge in [0.1, 0.15) is 11.4 Å². The average Bonchev–Trinajstić information content (AvgIpc) is 3.30. The number of hydrogen-bond donors (Lipinski definition) is 1. The summed E-state index contributed by atoms with van der Waals surface area (Å²) in [7, 11) is 0. The van der Waals surface area contributed by atoms with Crippen LogP contribution in [-0.2, 0) is 4.79 Å². The van der Waals surface area contributed by atoms with Gasteiger partial charge in [-0.1, -0.05) is 18.2 Å². The molecule has 1 saturated carbocycles. The molecular formula is C16H19FN2OS. The van der Waals surface area contributed by atoms with Crippen molar-refractivity contribution in [3.8, 4) is 6.07 Å². The minimum atomic E-state index is -0.765. The summed E-state index contributed by atoms with van der Waals surface area (Å²) in [6, 6.07) is 8.79. The smallest absolute Gasteiger partial charge is 0.231 e. The molecule has 0 radical (unpaired) electrons. The Morgan fingerprint density at radius 1 is 1.57 bits per heavy atom. The van der Waals surface area contributed by atoms with Gasteiger partial charge in [0.25, 0.3) is 0 Å². The van der Waals surface area contributed by atoms with Gasteiger partial charge in [-0.15, -0.1) is 11.8 Å². The van der Waals surface area contributed by atoms with E-state index in [0.717, 1.165) is 12.8 Å². The van der Waals surface area contributed by atoms with E-state index in [1.807, 2.05) is 6.92 Å². The molecule has 2 atom stereocenters. The second-order valence-corrected chi connectivity index (χ2v) is 6.94. The number of nitrogens with one attached hydrogen (secondary N) is 1. The molecule has 21 heavy (non-hydrogen) atoms. The Kier molecular flexibility index (Phi) is 4.89. The van der Waals surface area contributed by atoms with Crippen LogP contribution in [0.5, 0.6) is 0 Å². The van der Waals surface area contributed by atoms with Gasteiger partial charge >= 0.3 is 0 Å². The highest BCUT2D eigenvalue weighted by molar-refractivity contribution is 8.00. The highest BCUT2D eigenvalue weighted by Crippen LogP contribution is 2.39. The minimum absolute atomic E-state index is 0.105. The number of thioether (sulfide) groups is 1. The zero-order chi connectivity index (χ0) is 15.5. The van der Waals surface area contributed by atoms with Gasteiger partial charge in [-0.05, 0) is 38.7 Å². The SMILES string of the molecule is C[C@H](SCC(=O)N[C@](C)(C#N)C1CC1)c1ccccc1F. The maximum absolute atomic E-state index is 13.6. The molecule has 0 saturated heterocycles. The maximum Gasteiger partial charge on any atom is 0.231 e. The van der Waals surface area contributed by atoms with E-state index >= 15 is 0 Å². The third-order valence-corrected chi connectivity index (χ3v) is 5.02. The topological polar surface area (TPSA) is 52.9 Å². The van der Waals surface area contributed by atoms with Crippen molar-refractivity contribution in [3.63, 3.8) is 0 Å². The zero-order valence-electron chi connectivity index (χ0n) is 12.2. The van der Waals surface area contributed by atoms with Crippen molar-refractivity contribution in [2.45, 2.75) is 37.5 Å². The molecule has 0 bridgehead atoms. The summed E-state index contributed by atoms with van der Waals surface area (Å²) in [5.74, 6) is 0.0665. The first-order chi connectivity index (χ1) is 9.96. The molecule has 5 heteroatoms. The Labute approximate surface area is 128 Å². The second kappa shape index (κ2) is 6.48. The van der Waals surface area contributed by atoms with Crippen LogP contribution in [0.4, 0.5) is 4.39 Å². The molecule has 0 aromatic heterocycles. The monoisotopic (exact) mass is 306 g/mol. The first-order valence-corrected chi connectivity index (χ1v) is 8.09. The van der Waals surface area contributed by atoms with Crippen molar-refractivity contribution in [1.82, 2.24) is 5.32 Å². The molecule has 0 unspecified atom stereocenters. The fourth-order valence-corrected chi connectivity index (χ4v) is 3.15. The van der Waals surface area contributed by atoms with Gasteiger partial charge in [0.05, 0.1) is 11.8 Å². The fourth-order valence-electron chi connectivity index (χ4n) is 2.30. The molecule has 1 aliphatic rings. The molecule has 1 N–H and O–H groups in total. The first-order valence-electron chi connectivity index (χ1n) is 7.04. The van der Waals surface area contributed by atoms with Gasteiger partial charge in [0.15, 0.2) is 0 Å². The van der Waals surface area contributed by atoms with Gasteiger partial charge in [0, 0.05) is 10.8 Å². The van der Waals surface area contributed by atoms with Gasteiger partial charge in [-0.3, -0.25) is 4.79 Å². The van der Waals surface area contributed by atoms with Crippen molar-refractivity contribution in [1.29, 1.82) is 5.26 Å². The largest absolute Gasteiger partial charge is 0.337 e. The maximum atomic E-state index is 13.6. The molecule has 1 aromatic rings. The molecule has 0 spiro atoms. The lowest BCUT2D eigenvalue weighted by molar-refractivity contribution is -0.119. The number of amides is 1. The van der Waals surface area contributed by atoms with Crippen LogP contribution in [0.2, 0.25) is 0 Å². The summed E-state index contributed by atoms with van der Waals surface area (Å²) >= 11 is 1.37. The van der Waals surface area contributed by atoms with Crippen molar-refractivity contribution in [2.75, 3.05) is 5.75 Å². The van der Waals surface area contributed by atoms with E-state index in [1.54, 1.807) is 25.1 Å². The molecule has 0 aliphatic heterocycles. The van der Waals surface area contributed by atoms with E-state index in [2.05, 4.69) is 11.4 Å². The normalized spacial score (nSPS) is 18.4. The molecule has 2 rings (SSSR count). The van der Waals surface area contributed by atoms with Crippen molar-refractivity contribution in [3.05, 3.63) is 35.6 Å². The number of carbonyl (C=O) groups is 1. The Hall–Kier alpha value is -1.54. The highest BCUT2D eigenvalue weighted by atomic mass is 32.2. The minimum Gasteiger partial charge on any atom is -0.337 e. The molecular weight excluding hydrogens is 287 g/mol. The number of nitrogens with zero attached hydrogens (tertiary/aromatic N) is 1. The molecule has 1 fully saturated rings. The average molecular weight is 306 g/mol. The van der Waals surface area contributed by atoms with Crippen LogP contribution in [0.25, 0.3) is 0 Å². The van der Waals surface area contributed by atoms with Gasteiger partial charge in [-0.25, -0.2) is 4.39 Å². The number of nitriles is 1. The first kappa shape index (κ1) is 15.8. The van der Waals surface area contributed by atoms with Crippen LogP contribution < -0.4 is 5.32 Å². The Morgan fingerprint density at radius 2 is 2.24 bits per heavy atom. The molecule has 1 aromatic carbocycles. The number of benzene rings is 1. The number of hydrogen-bond acceptors (Lipinski definition) is 3. The quantitative estimate of drug-likeness (QED) is 0.876. The van der Waals surface area contributed by atoms with Gasteiger partial charge in [0.2, 0.25) is 5.91 Å². The van der Waals surface area contributed by atoms with E-state index in [-0.39, 0.29) is 28.6 Å². The highest BCUT2D eigenvalue weighted by Gasteiger charge is 2.42. The standard InChI is InChI=1S/C16H19FN2OS/c1-11(13-5-3-4-6-14(13)17)21-9-15(20)19-16(2,10-18)12-7-8-12/h3-6,11-12H,7-9H2,1-2H3,(H,19,20)/t11-,16+/m0/s1. The zero-order valence-corrected chi connectivity index (χ0v) is 13.0. The number of rotatable bonds is 6. The Balaban J connectivity index is 1.87. The van der Waals surface area contributed by atoms with E-state index < -0.39 is 5.54 Å². The summed E-state index contributed by atoms with van der Waals surface area (Å²) in [6.07, 6.45) is 1.98. The summed E-state index contributed by atoms with van der Waals surface area (Å²) in [5.41, 5.74) is -0.167. The van der Waals surface area contributed by atoms with Crippen LogP contribution in [0.15, 0.2) is 24.3 Å². The number of carbonyl (C=O) groups excluding carboxylic acids is 1. The number of halogens is 1. The lowest BCUT2D eigenvalue weighted by Crippen LogP contribution is -2.47. The second-order valence-electron chi connectivity index (χ2n) is 5.61. The van der Waals surface area contributed by atoms with E-state index in [1.165, 1.54) is 17.8 Å². The summed E-state index contributed by atoms with van der Waals surface area (Å²) in [6.45, 7) is 3.65. The third-order valence-electron chi connectivity index (χ3n) is 3.83. The van der Waals surface area contributed by atoms with Crippen LogP contribution in [0.3, 0.4) is 0 Å². The summed E-state index contributed by atoms with van der Waals surface area (Å²) in [4.78, 5) is 12.0. The third kappa shape index (κ3) is 3.98. The molecule has 1 amide bonds. The summed E-state index contributed by atoms with van der Waals surface area (Å²) < 4.78 is 13.6.